The Hall–Kier alpha value is -1.37. The zero-order valence-electron chi connectivity index (χ0n) is 12.0. The van der Waals surface area contributed by atoms with Crippen LogP contribution in [-0.4, -0.2) is 9.97 Å². The summed E-state index contributed by atoms with van der Waals surface area (Å²) < 4.78 is 6.59. The Morgan fingerprint density at radius 1 is 1.43 bits per heavy atom. The van der Waals surface area contributed by atoms with Gasteiger partial charge < -0.3 is 9.72 Å². The number of benzene rings is 1. The molecule has 1 aromatic heterocycles. The summed E-state index contributed by atoms with van der Waals surface area (Å²) in [6, 6.07) is 7.96. The molecule has 1 aromatic carbocycles. The van der Waals surface area contributed by atoms with Crippen LogP contribution in [0.4, 0.5) is 0 Å². The van der Waals surface area contributed by atoms with E-state index < -0.39 is 0 Å². The summed E-state index contributed by atoms with van der Waals surface area (Å²) in [5, 5.41) is 0. The Kier molecular flexibility index (Phi) is 4.01. The highest BCUT2D eigenvalue weighted by Gasteiger charge is 2.27. The monoisotopic (exact) mass is 396 g/mol. The van der Waals surface area contributed by atoms with Crippen molar-refractivity contribution in [3.05, 3.63) is 55.3 Å². The van der Waals surface area contributed by atoms with Crippen LogP contribution in [0.5, 0.6) is 5.75 Å². The molecule has 0 aliphatic carbocycles. The number of para-hydroxylation sites is 1. The van der Waals surface area contributed by atoms with E-state index >= 15 is 0 Å². The number of rotatable bonds is 3. The molecule has 1 unspecified atom stereocenters. The first-order valence-electron chi connectivity index (χ1n) is 7.07. The van der Waals surface area contributed by atoms with E-state index in [1.54, 1.807) is 0 Å². The number of hydrogen-bond donors (Lipinski definition) is 1. The normalized spacial score (nSPS) is 16.9. The van der Waals surface area contributed by atoms with E-state index in [4.69, 9.17) is 4.74 Å². The molecule has 2 aromatic rings. The summed E-state index contributed by atoms with van der Waals surface area (Å²) in [6.07, 6.45) is 1.35. The molecule has 0 spiro atoms. The molecule has 1 aliphatic heterocycles. The molecule has 2 heterocycles. The second-order valence-corrected chi connectivity index (χ2v) is 6.81. The molecule has 0 bridgehead atoms. The van der Waals surface area contributed by atoms with Gasteiger partial charge in [-0.05, 0) is 46.6 Å². The minimum absolute atomic E-state index is 0.0733. The smallest absolute Gasteiger partial charge is 0.264 e. The van der Waals surface area contributed by atoms with E-state index in [2.05, 4.69) is 52.5 Å². The number of nitrogens with one attached hydrogen (secondary N) is 1. The first kappa shape index (κ1) is 14.6. The number of H-pyrrole nitrogens is 1. The number of aromatic amines is 1. The molecule has 3 rings (SSSR count). The molecule has 0 saturated heterocycles. The molecule has 110 valence electrons. The second-order valence-electron chi connectivity index (χ2n) is 5.73. The largest absolute Gasteiger partial charge is 0.482 e. The van der Waals surface area contributed by atoms with Crippen LogP contribution < -0.4 is 10.3 Å². The van der Waals surface area contributed by atoms with Gasteiger partial charge in [0.2, 0.25) is 0 Å². The Bertz CT molecular complexity index is 699. The van der Waals surface area contributed by atoms with E-state index in [0.717, 1.165) is 29.8 Å². The van der Waals surface area contributed by atoms with Crippen LogP contribution in [-0.2, 0) is 12.8 Å². The zero-order chi connectivity index (χ0) is 15.0. The average molecular weight is 396 g/mol. The van der Waals surface area contributed by atoms with E-state index in [0.29, 0.717) is 15.3 Å². The first-order chi connectivity index (χ1) is 10.0. The molecule has 1 N–H and O–H groups in total. The number of aromatic nitrogens is 2. The number of halogens is 1. The third kappa shape index (κ3) is 2.97. The molecule has 4 nitrogen and oxygen atoms in total. The molecule has 0 saturated carbocycles. The molecular weight excluding hydrogens is 379 g/mol. The minimum Gasteiger partial charge on any atom is -0.482 e. The first-order valence-corrected chi connectivity index (χ1v) is 8.15. The summed E-state index contributed by atoms with van der Waals surface area (Å²) in [5.41, 5.74) is 1.95. The van der Waals surface area contributed by atoms with Gasteiger partial charge in [-0.25, -0.2) is 4.98 Å². The number of fused-ring (bicyclic) bond motifs is 1. The summed E-state index contributed by atoms with van der Waals surface area (Å²) in [7, 11) is 0. The molecule has 0 amide bonds. The van der Waals surface area contributed by atoms with E-state index in [-0.39, 0.29) is 11.7 Å². The van der Waals surface area contributed by atoms with Gasteiger partial charge in [-0.3, -0.25) is 4.79 Å². The van der Waals surface area contributed by atoms with Gasteiger partial charge in [0.15, 0.2) is 11.9 Å². The van der Waals surface area contributed by atoms with Crippen LogP contribution in [0, 0.1) is 9.49 Å². The maximum absolute atomic E-state index is 12.1. The van der Waals surface area contributed by atoms with Crippen molar-refractivity contribution in [2.45, 2.75) is 32.8 Å². The zero-order valence-corrected chi connectivity index (χ0v) is 14.2. The quantitative estimate of drug-likeness (QED) is 0.811. The SMILES string of the molecule is CC(C)Cc1nc(C2Cc3ccccc3O2)[nH]c(=O)c1I. The lowest BCUT2D eigenvalue weighted by molar-refractivity contribution is 0.226. The van der Waals surface area contributed by atoms with Crippen LogP contribution in [0.25, 0.3) is 0 Å². The third-order valence-corrected chi connectivity index (χ3v) is 4.62. The van der Waals surface area contributed by atoms with Crippen molar-refractivity contribution in [3.63, 3.8) is 0 Å². The molecule has 5 heteroatoms. The number of nitrogens with zero attached hydrogens (tertiary/aromatic N) is 1. The van der Waals surface area contributed by atoms with E-state index in [1.165, 1.54) is 0 Å². The molecule has 0 fully saturated rings. The molecular formula is C16H17IN2O2. The van der Waals surface area contributed by atoms with Gasteiger partial charge in [0, 0.05) is 6.42 Å². The van der Waals surface area contributed by atoms with Gasteiger partial charge >= 0.3 is 0 Å². The van der Waals surface area contributed by atoms with Crippen LogP contribution in [0.3, 0.4) is 0 Å². The lowest BCUT2D eigenvalue weighted by atomic mass is 10.1. The fourth-order valence-corrected chi connectivity index (χ4v) is 3.01. The Morgan fingerprint density at radius 3 is 2.90 bits per heavy atom. The second kappa shape index (κ2) is 5.79. The lowest BCUT2D eigenvalue weighted by Gasteiger charge is -2.13. The third-order valence-electron chi connectivity index (χ3n) is 3.50. The van der Waals surface area contributed by atoms with Crippen molar-refractivity contribution in [1.82, 2.24) is 9.97 Å². The van der Waals surface area contributed by atoms with Gasteiger partial charge in [0.05, 0.1) is 9.26 Å². The highest BCUT2D eigenvalue weighted by Crippen LogP contribution is 2.34. The van der Waals surface area contributed by atoms with Gasteiger partial charge in [0.1, 0.15) is 5.75 Å². The van der Waals surface area contributed by atoms with E-state index in [9.17, 15) is 4.79 Å². The van der Waals surface area contributed by atoms with Crippen molar-refractivity contribution in [3.8, 4) is 5.75 Å². The predicted molar refractivity (Wildman–Crippen MR) is 89.6 cm³/mol. The van der Waals surface area contributed by atoms with Crippen LogP contribution in [0.1, 0.15) is 37.0 Å². The Labute approximate surface area is 137 Å². The summed E-state index contributed by atoms with van der Waals surface area (Å²) >= 11 is 2.07. The van der Waals surface area contributed by atoms with Gasteiger partial charge in [-0.1, -0.05) is 32.0 Å². The predicted octanol–water partition coefficient (Wildman–Crippen LogP) is 3.25. The Balaban J connectivity index is 1.94. The van der Waals surface area contributed by atoms with Crippen molar-refractivity contribution in [2.24, 2.45) is 5.92 Å². The molecule has 0 radical (unpaired) electrons. The molecule has 21 heavy (non-hydrogen) atoms. The van der Waals surface area contributed by atoms with Crippen LogP contribution in [0.2, 0.25) is 0 Å². The molecule has 1 aliphatic rings. The minimum atomic E-state index is -0.196. The van der Waals surface area contributed by atoms with Crippen molar-refractivity contribution in [2.75, 3.05) is 0 Å². The van der Waals surface area contributed by atoms with Crippen molar-refractivity contribution < 1.29 is 4.74 Å². The fraction of sp³-hybridized carbons (Fsp3) is 0.375. The lowest BCUT2D eigenvalue weighted by Crippen LogP contribution is -2.22. The summed E-state index contributed by atoms with van der Waals surface area (Å²) in [5.74, 6) is 1.98. The van der Waals surface area contributed by atoms with Gasteiger partial charge in [0.25, 0.3) is 5.56 Å². The number of ether oxygens (including phenoxy) is 1. The van der Waals surface area contributed by atoms with Crippen LogP contribution >= 0.6 is 22.6 Å². The van der Waals surface area contributed by atoms with Crippen LogP contribution in [0.15, 0.2) is 29.1 Å². The fourth-order valence-electron chi connectivity index (χ4n) is 2.53. The average Bonchev–Trinajstić information content (AvgIpc) is 2.87. The summed E-state index contributed by atoms with van der Waals surface area (Å²) in [4.78, 5) is 19.6. The maximum atomic E-state index is 12.1. The standard InChI is InChI=1S/C16H17IN2O2/c1-9(2)7-11-14(17)16(20)19-15(18-11)13-8-10-5-3-4-6-12(10)21-13/h3-6,9,13H,7-8H2,1-2H3,(H,18,19,20). The van der Waals surface area contributed by atoms with Crippen molar-refractivity contribution >= 4 is 22.6 Å². The highest BCUT2D eigenvalue weighted by molar-refractivity contribution is 14.1. The summed E-state index contributed by atoms with van der Waals surface area (Å²) in [6.45, 7) is 4.25. The van der Waals surface area contributed by atoms with E-state index in [1.807, 2.05) is 18.2 Å². The highest BCUT2D eigenvalue weighted by atomic mass is 127. The van der Waals surface area contributed by atoms with Gasteiger partial charge in [-0.15, -0.1) is 0 Å². The topological polar surface area (TPSA) is 55.0 Å². The number of hydrogen-bond acceptors (Lipinski definition) is 3. The Morgan fingerprint density at radius 2 is 2.19 bits per heavy atom. The van der Waals surface area contributed by atoms with Gasteiger partial charge in [-0.2, -0.15) is 0 Å². The molecule has 1 atom stereocenters. The van der Waals surface area contributed by atoms with Crippen molar-refractivity contribution in [1.29, 1.82) is 0 Å². The maximum Gasteiger partial charge on any atom is 0.264 e.